The smallest absolute Gasteiger partial charge is 0.326 e. The molecule has 0 aliphatic heterocycles. The van der Waals surface area contributed by atoms with Crippen molar-refractivity contribution in [2.45, 2.75) is 9.79 Å². The van der Waals surface area contributed by atoms with Crippen LogP contribution >= 0.6 is 66.8 Å². The van der Waals surface area contributed by atoms with E-state index in [0.717, 1.165) is 18.7 Å². The van der Waals surface area contributed by atoms with E-state index in [4.69, 9.17) is 32.7 Å². The van der Waals surface area contributed by atoms with Gasteiger partial charge in [-0.25, -0.2) is 0 Å². The van der Waals surface area contributed by atoms with Gasteiger partial charge in [0.15, 0.2) is 0 Å². The van der Waals surface area contributed by atoms with E-state index in [1.165, 1.54) is 11.8 Å². The number of hydrogen-bond donors (Lipinski definition) is 0. The van der Waals surface area contributed by atoms with Crippen LogP contribution in [-0.2, 0) is 9.59 Å². The van der Waals surface area contributed by atoms with Crippen molar-refractivity contribution in [1.82, 2.24) is 0 Å². The summed E-state index contributed by atoms with van der Waals surface area (Å²) in [5.74, 6) is -0.630. The van der Waals surface area contributed by atoms with Gasteiger partial charge in [0.2, 0.25) is 0 Å². The molecule has 2 aromatic carbocycles. The van der Waals surface area contributed by atoms with Crippen molar-refractivity contribution >= 4 is 78.8 Å². The molecule has 0 radical (unpaired) electrons. The molecule has 2 aromatic rings. The van der Waals surface area contributed by atoms with Crippen molar-refractivity contribution in [3.8, 4) is 11.5 Å². The van der Waals surface area contributed by atoms with Crippen molar-refractivity contribution in [3.05, 3.63) is 45.3 Å². The van der Waals surface area contributed by atoms with E-state index in [1.807, 2.05) is 12.1 Å². The molecule has 0 fully saturated rings. The Morgan fingerprint density at radius 3 is 1.56 bits per heavy atom. The number of alkyl halides is 2. The van der Waals surface area contributed by atoms with Gasteiger partial charge in [-0.2, -0.15) is 0 Å². The fourth-order valence-electron chi connectivity index (χ4n) is 1.69. The zero-order chi connectivity index (χ0) is 18.4. The fraction of sp³-hybridized carbons (Fsp3) is 0.125. The molecule has 0 unspecified atom stereocenters. The van der Waals surface area contributed by atoms with E-state index in [9.17, 15) is 9.59 Å². The van der Waals surface area contributed by atoms with Crippen LogP contribution < -0.4 is 9.47 Å². The normalized spacial score (nSPS) is 10.4. The average molecular weight is 529 g/mol. The Hall–Kier alpha value is -0.730. The number of carbonyl (C=O) groups is 2. The number of hydrogen-bond acceptors (Lipinski definition) is 5. The van der Waals surface area contributed by atoms with Crippen LogP contribution in [0, 0.1) is 0 Å². The lowest BCUT2D eigenvalue weighted by molar-refractivity contribution is -0.132. The highest BCUT2D eigenvalue weighted by molar-refractivity contribution is 9.11. The number of benzene rings is 2. The van der Waals surface area contributed by atoms with E-state index >= 15 is 0 Å². The van der Waals surface area contributed by atoms with E-state index in [2.05, 4.69) is 31.9 Å². The molecule has 0 N–H and O–H groups in total. The van der Waals surface area contributed by atoms with Gasteiger partial charge in [0.1, 0.15) is 23.3 Å². The Morgan fingerprint density at radius 1 is 0.840 bits per heavy atom. The summed E-state index contributed by atoms with van der Waals surface area (Å²) >= 11 is 19.2. The Kier molecular flexibility index (Phi) is 8.09. The topological polar surface area (TPSA) is 52.6 Å². The molecular weight excluding hydrogens is 519 g/mol. The summed E-state index contributed by atoms with van der Waals surface area (Å²) in [5, 5.41) is 0. The van der Waals surface area contributed by atoms with Crippen LogP contribution in [0.5, 0.6) is 11.5 Å². The molecule has 0 atom stereocenters. The van der Waals surface area contributed by atoms with Crippen molar-refractivity contribution in [2.75, 3.05) is 11.8 Å². The second-order valence-electron chi connectivity index (χ2n) is 4.50. The largest absolute Gasteiger partial charge is 0.426 e. The van der Waals surface area contributed by atoms with E-state index in [-0.39, 0.29) is 11.8 Å². The zero-order valence-corrected chi connectivity index (χ0v) is 17.9. The number of esters is 2. The molecule has 0 heterocycles. The fourth-order valence-corrected chi connectivity index (χ4v) is 3.82. The standard InChI is InChI=1S/C16H10Br2Cl2O4S/c17-11-5-9(23-15(21)7-19)1-3-13(11)25-14-4-2-10(6-12(14)18)24-16(22)8-20/h1-6H,7-8H2. The zero-order valence-electron chi connectivity index (χ0n) is 12.4. The molecule has 0 spiro atoms. The number of carbonyl (C=O) groups excluding carboxylic acids is 2. The monoisotopic (exact) mass is 526 g/mol. The van der Waals surface area contributed by atoms with Gasteiger partial charge in [0, 0.05) is 18.7 Å². The van der Waals surface area contributed by atoms with Gasteiger partial charge in [0.05, 0.1) is 0 Å². The molecule has 132 valence electrons. The molecule has 0 aliphatic rings. The highest BCUT2D eigenvalue weighted by atomic mass is 79.9. The molecular formula is C16H10Br2Cl2O4S. The number of ether oxygens (including phenoxy) is 2. The highest BCUT2D eigenvalue weighted by Gasteiger charge is 2.11. The van der Waals surface area contributed by atoms with Gasteiger partial charge >= 0.3 is 11.9 Å². The maximum atomic E-state index is 11.2. The van der Waals surface area contributed by atoms with Gasteiger partial charge in [-0.15, -0.1) is 23.2 Å². The second kappa shape index (κ2) is 9.83. The van der Waals surface area contributed by atoms with Crippen LogP contribution in [0.4, 0.5) is 0 Å². The number of rotatable bonds is 6. The SMILES string of the molecule is O=C(CCl)Oc1ccc(Sc2ccc(OC(=O)CCl)cc2Br)c(Br)c1. The van der Waals surface area contributed by atoms with Crippen LogP contribution in [0.1, 0.15) is 0 Å². The third kappa shape index (κ3) is 6.18. The first-order valence-corrected chi connectivity index (χ1v) is 10.2. The Morgan fingerprint density at radius 2 is 1.24 bits per heavy atom. The highest BCUT2D eigenvalue weighted by Crippen LogP contribution is 2.40. The number of halogens is 4. The first-order chi connectivity index (χ1) is 11.9. The lowest BCUT2D eigenvalue weighted by Crippen LogP contribution is -2.08. The summed E-state index contributed by atoms with van der Waals surface area (Å²) in [7, 11) is 0. The van der Waals surface area contributed by atoms with Crippen molar-refractivity contribution in [2.24, 2.45) is 0 Å². The molecule has 0 saturated carbocycles. The molecule has 0 aromatic heterocycles. The molecule has 0 bridgehead atoms. The third-order valence-corrected chi connectivity index (χ3v) is 6.13. The Bertz CT molecular complexity index is 736. The molecule has 0 aliphatic carbocycles. The summed E-state index contributed by atoms with van der Waals surface area (Å²) in [4.78, 5) is 24.3. The summed E-state index contributed by atoms with van der Waals surface area (Å²) in [6.45, 7) is 0. The van der Waals surface area contributed by atoms with E-state index < -0.39 is 11.9 Å². The van der Waals surface area contributed by atoms with E-state index in [0.29, 0.717) is 11.5 Å². The molecule has 0 amide bonds. The van der Waals surface area contributed by atoms with Gasteiger partial charge in [0.25, 0.3) is 0 Å². The predicted molar refractivity (Wildman–Crippen MR) is 105 cm³/mol. The first kappa shape index (κ1) is 20.6. The lowest BCUT2D eigenvalue weighted by atomic mass is 10.3. The predicted octanol–water partition coefficient (Wildman–Crippen LogP) is 5.65. The van der Waals surface area contributed by atoms with Crippen LogP contribution in [-0.4, -0.2) is 23.7 Å². The maximum Gasteiger partial charge on any atom is 0.326 e. The van der Waals surface area contributed by atoms with Crippen LogP contribution in [0.25, 0.3) is 0 Å². The van der Waals surface area contributed by atoms with E-state index in [1.54, 1.807) is 24.3 Å². The molecule has 9 heteroatoms. The minimum atomic E-state index is -0.515. The maximum absolute atomic E-state index is 11.2. The summed E-state index contributed by atoms with van der Waals surface area (Å²) in [6.07, 6.45) is 0. The summed E-state index contributed by atoms with van der Waals surface area (Å²) in [6, 6.07) is 10.4. The molecule has 4 nitrogen and oxygen atoms in total. The quantitative estimate of drug-likeness (QED) is 0.275. The molecule has 2 rings (SSSR count). The van der Waals surface area contributed by atoms with Gasteiger partial charge < -0.3 is 9.47 Å². The Balaban J connectivity index is 2.14. The van der Waals surface area contributed by atoms with Gasteiger partial charge in [-0.1, -0.05) is 11.8 Å². The minimum Gasteiger partial charge on any atom is -0.426 e. The average Bonchev–Trinajstić information content (AvgIpc) is 2.59. The van der Waals surface area contributed by atoms with Crippen LogP contribution in [0.15, 0.2) is 55.1 Å². The molecule has 25 heavy (non-hydrogen) atoms. The van der Waals surface area contributed by atoms with Gasteiger partial charge in [-0.3, -0.25) is 9.59 Å². The first-order valence-electron chi connectivity index (χ1n) is 6.73. The van der Waals surface area contributed by atoms with Crippen molar-refractivity contribution in [3.63, 3.8) is 0 Å². The minimum absolute atomic E-state index is 0.207. The second-order valence-corrected chi connectivity index (χ2v) is 7.83. The lowest BCUT2D eigenvalue weighted by Gasteiger charge is -2.10. The summed E-state index contributed by atoms with van der Waals surface area (Å²) in [5.41, 5.74) is 0. The van der Waals surface area contributed by atoms with Crippen LogP contribution in [0.2, 0.25) is 0 Å². The van der Waals surface area contributed by atoms with Crippen LogP contribution in [0.3, 0.4) is 0 Å². The summed E-state index contributed by atoms with van der Waals surface area (Å²) < 4.78 is 11.6. The van der Waals surface area contributed by atoms with Gasteiger partial charge in [-0.05, 0) is 68.3 Å². The van der Waals surface area contributed by atoms with Crippen molar-refractivity contribution in [1.29, 1.82) is 0 Å². The molecule has 0 saturated heterocycles. The Labute approximate surface area is 175 Å². The third-order valence-electron chi connectivity index (χ3n) is 2.71. The van der Waals surface area contributed by atoms with Crippen molar-refractivity contribution < 1.29 is 19.1 Å².